The van der Waals surface area contributed by atoms with E-state index in [2.05, 4.69) is 5.32 Å². The number of carbonyl (C=O) groups is 1. The van der Waals surface area contributed by atoms with Gasteiger partial charge in [-0.05, 0) is 30.3 Å². The fourth-order valence-corrected chi connectivity index (χ4v) is 1.79. The molecule has 0 spiro atoms. The summed E-state index contributed by atoms with van der Waals surface area (Å²) in [7, 11) is 0. The molecule has 0 heterocycles. The fourth-order valence-electron chi connectivity index (χ4n) is 1.68. The summed E-state index contributed by atoms with van der Waals surface area (Å²) in [4.78, 5) is 11.8. The van der Waals surface area contributed by atoms with Crippen molar-refractivity contribution in [2.24, 2.45) is 0 Å². The quantitative estimate of drug-likeness (QED) is 0.944. The van der Waals surface area contributed by atoms with Gasteiger partial charge in [0.25, 0.3) is 5.91 Å². The van der Waals surface area contributed by atoms with Crippen molar-refractivity contribution < 1.29 is 13.6 Å². The Morgan fingerprint density at radius 2 is 1.95 bits per heavy atom. The maximum absolute atomic E-state index is 13.6. The molecule has 0 saturated heterocycles. The minimum atomic E-state index is -0.700. The summed E-state index contributed by atoms with van der Waals surface area (Å²) in [5.74, 6) is -1.83. The molecule has 2 rings (SSSR count). The molecule has 6 heteroatoms. The lowest BCUT2D eigenvalue weighted by molar-refractivity contribution is 0.0950. The van der Waals surface area contributed by atoms with E-state index in [1.807, 2.05) is 6.07 Å². The number of hydrogen-bond acceptors (Lipinski definition) is 2. The van der Waals surface area contributed by atoms with Gasteiger partial charge in [0.2, 0.25) is 0 Å². The van der Waals surface area contributed by atoms with Crippen LogP contribution in [0.2, 0.25) is 5.02 Å². The van der Waals surface area contributed by atoms with Crippen LogP contribution in [0.4, 0.5) is 8.78 Å². The molecule has 0 radical (unpaired) electrons. The Balaban J connectivity index is 2.07. The minimum Gasteiger partial charge on any atom is -0.348 e. The Bertz CT molecular complexity index is 741. The standard InChI is InChI=1S/C15H9ClF2N2O/c16-12-4-3-10(6-14(12)18)15(21)20-8-11-2-1-9(7-19)5-13(11)17/h1-6H,8H2,(H,20,21). The monoisotopic (exact) mass is 306 g/mol. The Kier molecular flexibility index (Phi) is 4.51. The van der Waals surface area contributed by atoms with Gasteiger partial charge in [-0.15, -0.1) is 0 Å². The molecule has 106 valence electrons. The van der Waals surface area contributed by atoms with E-state index in [4.69, 9.17) is 16.9 Å². The van der Waals surface area contributed by atoms with Crippen LogP contribution in [0.25, 0.3) is 0 Å². The van der Waals surface area contributed by atoms with E-state index >= 15 is 0 Å². The first-order chi connectivity index (χ1) is 10.0. The number of halogens is 3. The number of nitrogens with zero attached hydrogens (tertiary/aromatic N) is 1. The molecule has 0 aliphatic rings. The summed E-state index contributed by atoms with van der Waals surface area (Å²) < 4.78 is 26.9. The molecule has 21 heavy (non-hydrogen) atoms. The van der Waals surface area contributed by atoms with Crippen LogP contribution in [-0.4, -0.2) is 5.91 Å². The zero-order valence-electron chi connectivity index (χ0n) is 10.7. The van der Waals surface area contributed by atoms with Gasteiger partial charge in [0.15, 0.2) is 0 Å². The molecule has 0 unspecified atom stereocenters. The molecule has 0 bridgehead atoms. The highest BCUT2D eigenvalue weighted by Crippen LogP contribution is 2.16. The van der Waals surface area contributed by atoms with Crippen molar-refractivity contribution in [3.05, 3.63) is 69.7 Å². The van der Waals surface area contributed by atoms with Gasteiger partial charge in [-0.2, -0.15) is 5.26 Å². The Morgan fingerprint density at radius 3 is 2.57 bits per heavy atom. The third-order valence-electron chi connectivity index (χ3n) is 2.80. The van der Waals surface area contributed by atoms with E-state index in [1.54, 1.807) is 0 Å². The SMILES string of the molecule is N#Cc1ccc(CNC(=O)c2ccc(Cl)c(F)c2)c(F)c1. The molecule has 0 fully saturated rings. The molecule has 2 aromatic carbocycles. The first kappa shape index (κ1) is 14.9. The second kappa shape index (κ2) is 6.33. The maximum atomic E-state index is 13.6. The number of carbonyl (C=O) groups excluding carboxylic acids is 1. The number of rotatable bonds is 3. The number of nitrogens with one attached hydrogen (secondary N) is 1. The van der Waals surface area contributed by atoms with Crippen molar-refractivity contribution in [2.45, 2.75) is 6.54 Å². The van der Waals surface area contributed by atoms with E-state index < -0.39 is 17.5 Å². The van der Waals surface area contributed by atoms with Crippen LogP contribution < -0.4 is 5.32 Å². The minimum absolute atomic E-state index is 0.0688. The number of benzene rings is 2. The Morgan fingerprint density at radius 1 is 1.19 bits per heavy atom. The molecule has 0 saturated carbocycles. The van der Waals surface area contributed by atoms with E-state index in [0.29, 0.717) is 0 Å². The predicted octanol–water partition coefficient (Wildman–Crippen LogP) is 3.42. The van der Waals surface area contributed by atoms with Crippen molar-refractivity contribution >= 4 is 17.5 Å². The third kappa shape index (κ3) is 3.56. The zero-order valence-corrected chi connectivity index (χ0v) is 11.4. The average molecular weight is 307 g/mol. The summed E-state index contributed by atoms with van der Waals surface area (Å²) in [5, 5.41) is 11.0. The lowest BCUT2D eigenvalue weighted by atomic mass is 10.1. The van der Waals surface area contributed by atoms with Crippen LogP contribution >= 0.6 is 11.6 Å². The van der Waals surface area contributed by atoms with Crippen LogP contribution in [0.15, 0.2) is 36.4 Å². The van der Waals surface area contributed by atoms with Crippen LogP contribution in [-0.2, 0) is 6.54 Å². The van der Waals surface area contributed by atoms with Crippen LogP contribution in [0.3, 0.4) is 0 Å². The van der Waals surface area contributed by atoms with Crippen molar-refractivity contribution in [1.82, 2.24) is 5.32 Å². The molecular formula is C15H9ClF2N2O. The number of nitriles is 1. The number of amides is 1. The van der Waals surface area contributed by atoms with Gasteiger partial charge in [-0.25, -0.2) is 8.78 Å². The van der Waals surface area contributed by atoms with Gasteiger partial charge in [0, 0.05) is 17.7 Å². The normalized spacial score (nSPS) is 10.0. The first-order valence-electron chi connectivity index (χ1n) is 5.93. The first-order valence-corrected chi connectivity index (χ1v) is 6.31. The summed E-state index contributed by atoms with van der Waals surface area (Å²) in [6.45, 7) is -0.0688. The van der Waals surface area contributed by atoms with E-state index in [0.717, 1.165) is 12.1 Å². The smallest absolute Gasteiger partial charge is 0.251 e. The van der Waals surface area contributed by atoms with E-state index in [9.17, 15) is 13.6 Å². The number of hydrogen-bond donors (Lipinski definition) is 1. The highest BCUT2D eigenvalue weighted by Gasteiger charge is 2.10. The molecule has 0 aliphatic carbocycles. The zero-order chi connectivity index (χ0) is 15.4. The van der Waals surface area contributed by atoms with Crippen LogP contribution in [0.1, 0.15) is 21.5 Å². The van der Waals surface area contributed by atoms with Gasteiger partial charge in [-0.1, -0.05) is 17.7 Å². The predicted molar refractivity (Wildman–Crippen MR) is 73.7 cm³/mol. The highest BCUT2D eigenvalue weighted by molar-refractivity contribution is 6.30. The fraction of sp³-hybridized carbons (Fsp3) is 0.0667. The molecule has 2 aromatic rings. The second-order valence-electron chi connectivity index (χ2n) is 4.23. The summed E-state index contributed by atoms with van der Waals surface area (Å²) in [6.07, 6.45) is 0. The average Bonchev–Trinajstić information content (AvgIpc) is 2.48. The van der Waals surface area contributed by atoms with Gasteiger partial charge < -0.3 is 5.32 Å². The lowest BCUT2D eigenvalue weighted by Gasteiger charge is -2.07. The van der Waals surface area contributed by atoms with Crippen LogP contribution in [0.5, 0.6) is 0 Å². The van der Waals surface area contributed by atoms with Crippen molar-refractivity contribution in [2.75, 3.05) is 0 Å². The van der Waals surface area contributed by atoms with Gasteiger partial charge >= 0.3 is 0 Å². The largest absolute Gasteiger partial charge is 0.348 e. The topological polar surface area (TPSA) is 52.9 Å². The lowest BCUT2D eigenvalue weighted by Crippen LogP contribution is -2.23. The third-order valence-corrected chi connectivity index (χ3v) is 3.11. The second-order valence-corrected chi connectivity index (χ2v) is 4.64. The maximum Gasteiger partial charge on any atom is 0.251 e. The Hall–Kier alpha value is -2.45. The molecule has 3 nitrogen and oxygen atoms in total. The van der Waals surface area contributed by atoms with Crippen molar-refractivity contribution in [1.29, 1.82) is 5.26 Å². The van der Waals surface area contributed by atoms with Crippen LogP contribution in [0, 0.1) is 23.0 Å². The summed E-state index contributed by atoms with van der Waals surface area (Å²) in [5.41, 5.74) is 0.519. The van der Waals surface area contributed by atoms with Gasteiger partial charge in [0.1, 0.15) is 11.6 Å². The van der Waals surface area contributed by atoms with E-state index in [-0.39, 0.29) is 28.3 Å². The van der Waals surface area contributed by atoms with E-state index in [1.165, 1.54) is 24.3 Å². The molecular weight excluding hydrogens is 298 g/mol. The Labute approximate surface area is 124 Å². The molecule has 1 N–H and O–H groups in total. The van der Waals surface area contributed by atoms with Crippen molar-refractivity contribution in [3.63, 3.8) is 0 Å². The van der Waals surface area contributed by atoms with Crippen molar-refractivity contribution in [3.8, 4) is 6.07 Å². The van der Waals surface area contributed by atoms with Gasteiger partial charge in [-0.3, -0.25) is 4.79 Å². The van der Waals surface area contributed by atoms with Gasteiger partial charge in [0.05, 0.1) is 16.7 Å². The molecule has 1 amide bonds. The highest BCUT2D eigenvalue weighted by atomic mass is 35.5. The molecule has 0 aromatic heterocycles. The molecule has 0 atom stereocenters. The summed E-state index contributed by atoms with van der Waals surface area (Å²) >= 11 is 5.52. The summed E-state index contributed by atoms with van der Waals surface area (Å²) in [6, 6.07) is 9.42. The molecule has 0 aliphatic heterocycles.